The summed E-state index contributed by atoms with van der Waals surface area (Å²) in [5.74, 6) is 2.99. The minimum absolute atomic E-state index is 0.672. The van der Waals surface area contributed by atoms with Gasteiger partial charge in [0.15, 0.2) is 16.7 Å². The number of hydrogen-bond acceptors (Lipinski definition) is 5. The predicted octanol–water partition coefficient (Wildman–Crippen LogP) is 3.75. The number of methoxy groups -OCH3 is 2. The molecule has 0 aliphatic carbocycles. The maximum absolute atomic E-state index is 5.32. The second kappa shape index (κ2) is 6.09. The molecule has 0 unspecified atom stereocenters. The smallest absolute Gasteiger partial charge is 0.166 e. The predicted molar refractivity (Wildman–Crippen MR) is 94.9 cm³/mol. The Morgan fingerprint density at radius 2 is 1.71 bits per heavy atom. The first kappa shape index (κ1) is 14.9. The Balaban J connectivity index is 1.57. The molecule has 2 N–H and O–H groups in total. The molecule has 4 aromatic rings. The van der Waals surface area contributed by atoms with Crippen LogP contribution < -0.4 is 9.47 Å². The van der Waals surface area contributed by atoms with E-state index >= 15 is 0 Å². The molecule has 0 bridgehead atoms. The molecular weight excluding hydrogens is 324 g/mol. The number of benzene rings is 2. The lowest BCUT2D eigenvalue weighted by Crippen LogP contribution is -1.89. The van der Waals surface area contributed by atoms with Gasteiger partial charge >= 0.3 is 0 Å². The Morgan fingerprint density at radius 3 is 2.50 bits per heavy atom. The van der Waals surface area contributed by atoms with Crippen molar-refractivity contribution in [2.45, 2.75) is 10.9 Å². The van der Waals surface area contributed by atoms with Crippen LogP contribution in [0.25, 0.3) is 22.1 Å². The molecule has 0 radical (unpaired) electrons. The molecule has 4 rings (SSSR count). The molecular formula is C17H16N4O2S. The highest BCUT2D eigenvalue weighted by molar-refractivity contribution is 7.98. The summed E-state index contributed by atoms with van der Waals surface area (Å²) in [6.07, 6.45) is 0. The molecule has 0 fully saturated rings. The van der Waals surface area contributed by atoms with Gasteiger partial charge in [0.05, 0.1) is 42.0 Å². The van der Waals surface area contributed by atoms with Gasteiger partial charge in [0.1, 0.15) is 5.82 Å². The van der Waals surface area contributed by atoms with Crippen LogP contribution in [0.15, 0.2) is 41.6 Å². The number of aromatic amines is 2. The van der Waals surface area contributed by atoms with E-state index in [4.69, 9.17) is 9.47 Å². The van der Waals surface area contributed by atoms with Crippen LogP contribution in [0.1, 0.15) is 5.82 Å². The lowest BCUT2D eigenvalue weighted by Gasteiger charge is -2.06. The standard InChI is InChI=1S/C17H16N4O2S/c1-22-14-7-12-13(8-15(14)23-2)21-17(20-12)24-9-16-18-10-5-3-4-6-11(10)19-16/h3-8H,9H2,1-2H3,(H,18,19)(H,20,21). The molecule has 0 amide bonds. The average Bonchev–Trinajstić information content (AvgIpc) is 3.20. The van der Waals surface area contributed by atoms with Gasteiger partial charge in [0.2, 0.25) is 0 Å². The Hall–Kier alpha value is -2.67. The number of ether oxygens (including phenoxy) is 2. The monoisotopic (exact) mass is 340 g/mol. The van der Waals surface area contributed by atoms with Crippen molar-refractivity contribution in [3.05, 3.63) is 42.2 Å². The van der Waals surface area contributed by atoms with Crippen molar-refractivity contribution in [2.24, 2.45) is 0 Å². The summed E-state index contributed by atoms with van der Waals surface area (Å²) in [5, 5.41) is 0.834. The molecule has 24 heavy (non-hydrogen) atoms. The molecule has 7 heteroatoms. The number of imidazole rings is 2. The summed E-state index contributed by atoms with van der Waals surface area (Å²) >= 11 is 1.60. The molecule has 0 atom stereocenters. The summed E-state index contributed by atoms with van der Waals surface area (Å²) in [5.41, 5.74) is 3.79. The van der Waals surface area contributed by atoms with Crippen LogP contribution >= 0.6 is 11.8 Å². The van der Waals surface area contributed by atoms with Gasteiger partial charge in [-0.05, 0) is 12.1 Å². The van der Waals surface area contributed by atoms with Crippen LogP contribution in [0.2, 0.25) is 0 Å². The number of hydrogen-bond donors (Lipinski definition) is 2. The van der Waals surface area contributed by atoms with Gasteiger partial charge in [0, 0.05) is 12.1 Å². The van der Waals surface area contributed by atoms with Gasteiger partial charge in [-0.1, -0.05) is 23.9 Å². The quantitative estimate of drug-likeness (QED) is 0.541. The van der Waals surface area contributed by atoms with Crippen molar-refractivity contribution in [3.8, 4) is 11.5 Å². The minimum atomic E-state index is 0.672. The normalized spacial score (nSPS) is 11.2. The summed E-state index contributed by atoms with van der Waals surface area (Å²) in [6.45, 7) is 0. The first-order valence-electron chi connectivity index (χ1n) is 7.45. The first-order valence-corrected chi connectivity index (χ1v) is 8.43. The van der Waals surface area contributed by atoms with Gasteiger partial charge in [0.25, 0.3) is 0 Å². The zero-order valence-electron chi connectivity index (χ0n) is 13.3. The Bertz CT molecular complexity index is 934. The minimum Gasteiger partial charge on any atom is -0.493 e. The fourth-order valence-corrected chi connectivity index (χ4v) is 3.35. The van der Waals surface area contributed by atoms with E-state index < -0.39 is 0 Å². The SMILES string of the molecule is COc1cc2nc(SCc3nc4ccccc4[nH]3)[nH]c2cc1OC. The molecule has 2 aromatic heterocycles. The zero-order valence-corrected chi connectivity index (χ0v) is 14.1. The van der Waals surface area contributed by atoms with E-state index in [9.17, 15) is 0 Å². The molecule has 2 heterocycles. The summed E-state index contributed by atoms with van der Waals surface area (Å²) in [7, 11) is 3.24. The number of fused-ring (bicyclic) bond motifs is 2. The molecule has 0 saturated heterocycles. The molecule has 2 aromatic carbocycles. The average molecular weight is 340 g/mol. The highest BCUT2D eigenvalue weighted by Crippen LogP contribution is 2.32. The van der Waals surface area contributed by atoms with E-state index in [0.717, 1.165) is 33.0 Å². The second-order valence-electron chi connectivity index (χ2n) is 5.26. The largest absolute Gasteiger partial charge is 0.493 e. The Morgan fingerprint density at radius 1 is 0.917 bits per heavy atom. The lowest BCUT2D eigenvalue weighted by atomic mass is 10.3. The summed E-state index contributed by atoms with van der Waals surface area (Å²) in [4.78, 5) is 15.8. The number of nitrogens with one attached hydrogen (secondary N) is 2. The lowest BCUT2D eigenvalue weighted by molar-refractivity contribution is 0.356. The molecule has 0 saturated carbocycles. The number of nitrogens with zero attached hydrogens (tertiary/aromatic N) is 2. The van der Waals surface area contributed by atoms with Crippen molar-refractivity contribution in [1.29, 1.82) is 0 Å². The van der Waals surface area contributed by atoms with E-state index in [2.05, 4.69) is 19.9 Å². The van der Waals surface area contributed by atoms with Crippen LogP contribution in [0.3, 0.4) is 0 Å². The van der Waals surface area contributed by atoms with Crippen LogP contribution in [0, 0.1) is 0 Å². The topological polar surface area (TPSA) is 75.8 Å². The van der Waals surface area contributed by atoms with Gasteiger partial charge < -0.3 is 19.4 Å². The third-order valence-electron chi connectivity index (χ3n) is 3.75. The van der Waals surface area contributed by atoms with Gasteiger partial charge in [-0.2, -0.15) is 0 Å². The Labute approximate surface area is 142 Å². The van der Waals surface area contributed by atoms with E-state index in [1.54, 1.807) is 26.0 Å². The van der Waals surface area contributed by atoms with Crippen LogP contribution in [-0.2, 0) is 5.75 Å². The van der Waals surface area contributed by atoms with E-state index in [1.165, 1.54) is 0 Å². The van der Waals surface area contributed by atoms with Crippen molar-refractivity contribution in [2.75, 3.05) is 14.2 Å². The second-order valence-corrected chi connectivity index (χ2v) is 6.22. The van der Waals surface area contributed by atoms with Crippen molar-refractivity contribution >= 4 is 33.8 Å². The molecule has 0 aliphatic rings. The summed E-state index contributed by atoms with van der Waals surface area (Å²) in [6, 6.07) is 11.8. The summed E-state index contributed by atoms with van der Waals surface area (Å²) < 4.78 is 10.6. The number of H-pyrrole nitrogens is 2. The van der Waals surface area contributed by atoms with Crippen molar-refractivity contribution in [1.82, 2.24) is 19.9 Å². The maximum Gasteiger partial charge on any atom is 0.166 e. The van der Waals surface area contributed by atoms with E-state index in [0.29, 0.717) is 17.3 Å². The van der Waals surface area contributed by atoms with Crippen LogP contribution in [-0.4, -0.2) is 34.2 Å². The van der Waals surface area contributed by atoms with Crippen molar-refractivity contribution in [3.63, 3.8) is 0 Å². The van der Waals surface area contributed by atoms with E-state index in [1.807, 2.05) is 36.4 Å². The van der Waals surface area contributed by atoms with Crippen molar-refractivity contribution < 1.29 is 9.47 Å². The van der Waals surface area contributed by atoms with Gasteiger partial charge in [-0.15, -0.1) is 0 Å². The highest BCUT2D eigenvalue weighted by atomic mass is 32.2. The number of thioether (sulfide) groups is 1. The third-order valence-corrected chi connectivity index (χ3v) is 4.63. The molecule has 6 nitrogen and oxygen atoms in total. The molecule has 122 valence electrons. The van der Waals surface area contributed by atoms with E-state index in [-0.39, 0.29) is 0 Å². The fourth-order valence-electron chi connectivity index (χ4n) is 2.59. The number of para-hydroxylation sites is 2. The Kier molecular flexibility index (Phi) is 3.78. The zero-order chi connectivity index (χ0) is 16.5. The van der Waals surface area contributed by atoms with Gasteiger partial charge in [-0.3, -0.25) is 0 Å². The highest BCUT2D eigenvalue weighted by Gasteiger charge is 2.11. The van der Waals surface area contributed by atoms with Gasteiger partial charge in [-0.25, -0.2) is 9.97 Å². The molecule has 0 spiro atoms. The first-order chi connectivity index (χ1) is 11.8. The third kappa shape index (κ3) is 2.67. The van der Waals surface area contributed by atoms with Crippen LogP contribution in [0.5, 0.6) is 11.5 Å². The maximum atomic E-state index is 5.32. The van der Waals surface area contributed by atoms with Crippen LogP contribution in [0.4, 0.5) is 0 Å². The molecule has 0 aliphatic heterocycles. The number of aromatic nitrogens is 4. The fraction of sp³-hybridized carbons (Fsp3) is 0.176. The number of rotatable bonds is 5.